The molecule has 3 nitrogen and oxygen atoms in total. The van der Waals surface area contributed by atoms with Crippen LogP contribution in [0.4, 0.5) is 0 Å². The quantitative estimate of drug-likeness (QED) is 0.880. The summed E-state index contributed by atoms with van der Waals surface area (Å²) in [7, 11) is 0. The molecule has 0 unspecified atom stereocenters. The highest BCUT2D eigenvalue weighted by atomic mass is 16.1. The Labute approximate surface area is 107 Å². The van der Waals surface area contributed by atoms with Gasteiger partial charge in [-0.25, -0.2) is 4.98 Å². The van der Waals surface area contributed by atoms with Crippen molar-refractivity contribution in [1.29, 1.82) is 0 Å². The molecule has 0 spiro atoms. The van der Waals surface area contributed by atoms with Gasteiger partial charge in [-0.05, 0) is 31.9 Å². The fourth-order valence-corrected chi connectivity index (χ4v) is 2.39. The third kappa shape index (κ3) is 2.35. The molecule has 0 fully saturated rings. The third-order valence-electron chi connectivity index (χ3n) is 3.06. The number of H-pyrrole nitrogens is 1. The van der Waals surface area contributed by atoms with Crippen molar-refractivity contribution in [2.24, 2.45) is 0 Å². The van der Waals surface area contributed by atoms with Gasteiger partial charge in [0.2, 0.25) is 0 Å². The molecule has 1 N–H and O–H groups in total. The molecule has 0 aliphatic heterocycles. The highest BCUT2D eigenvalue weighted by Gasteiger charge is 2.09. The summed E-state index contributed by atoms with van der Waals surface area (Å²) in [5.74, 6) is 0.733. The van der Waals surface area contributed by atoms with Crippen LogP contribution in [0.15, 0.2) is 23.0 Å². The molecular formula is C15H18N2O. The van der Waals surface area contributed by atoms with Gasteiger partial charge in [-0.15, -0.1) is 0 Å². The zero-order chi connectivity index (χ0) is 13.3. The van der Waals surface area contributed by atoms with Crippen LogP contribution in [0.2, 0.25) is 0 Å². The predicted molar refractivity (Wildman–Crippen MR) is 73.9 cm³/mol. The van der Waals surface area contributed by atoms with Gasteiger partial charge >= 0.3 is 0 Å². The molecule has 2 aromatic rings. The number of aromatic nitrogens is 2. The number of rotatable bonds is 2. The van der Waals surface area contributed by atoms with E-state index >= 15 is 0 Å². The van der Waals surface area contributed by atoms with E-state index < -0.39 is 0 Å². The second-order valence-corrected chi connectivity index (χ2v) is 4.70. The maximum absolute atomic E-state index is 11.6. The molecule has 94 valence electrons. The van der Waals surface area contributed by atoms with Crippen LogP contribution in [0.1, 0.15) is 29.4 Å². The van der Waals surface area contributed by atoms with E-state index in [2.05, 4.69) is 42.9 Å². The molecule has 0 radical (unpaired) electrons. The average Bonchev–Trinajstić information content (AvgIpc) is 2.26. The maximum Gasteiger partial charge on any atom is 0.251 e. The van der Waals surface area contributed by atoms with Crippen molar-refractivity contribution in [3.63, 3.8) is 0 Å². The molecule has 0 aliphatic rings. The number of aryl methyl sites for hydroxylation is 4. The smallest absolute Gasteiger partial charge is 0.251 e. The van der Waals surface area contributed by atoms with Gasteiger partial charge in [0.1, 0.15) is 5.82 Å². The number of aromatic amines is 1. The molecule has 0 saturated heterocycles. The summed E-state index contributed by atoms with van der Waals surface area (Å²) in [6, 6.07) is 5.82. The van der Waals surface area contributed by atoms with E-state index in [9.17, 15) is 4.79 Å². The highest BCUT2D eigenvalue weighted by Crippen LogP contribution is 2.26. The molecule has 18 heavy (non-hydrogen) atoms. The van der Waals surface area contributed by atoms with Crippen molar-refractivity contribution in [1.82, 2.24) is 9.97 Å². The normalized spacial score (nSPS) is 10.7. The monoisotopic (exact) mass is 242 g/mol. The lowest BCUT2D eigenvalue weighted by Crippen LogP contribution is -2.11. The van der Waals surface area contributed by atoms with Gasteiger partial charge in [-0.1, -0.05) is 24.6 Å². The Kier molecular flexibility index (Phi) is 3.32. The summed E-state index contributed by atoms with van der Waals surface area (Å²) >= 11 is 0. The van der Waals surface area contributed by atoms with Crippen LogP contribution >= 0.6 is 0 Å². The van der Waals surface area contributed by atoms with Crippen molar-refractivity contribution >= 4 is 0 Å². The first-order chi connectivity index (χ1) is 8.51. The van der Waals surface area contributed by atoms with Crippen LogP contribution in [0.5, 0.6) is 0 Å². The van der Waals surface area contributed by atoms with Crippen molar-refractivity contribution in [3.05, 3.63) is 51.1 Å². The summed E-state index contributed by atoms with van der Waals surface area (Å²) in [5.41, 5.74) is 5.30. The molecule has 0 aliphatic carbocycles. The Bertz CT molecular complexity index is 618. The zero-order valence-electron chi connectivity index (χ0n) is 11.3. The Morgan fingerprint density at radius 3 is 2.28 bits per heavy atom. The van der Waals surface area contributed by atoms with Gasteiger partial charge in [0, 0.05) is 18.1 Å². The van der Waals surface area contributed by atoms with Crippen LogP contribution in [0.3, 0.4) is 0 Å². The van der Waals surface area contributed by atoms with E-state index in [0.717, 1.165) is 34.6 Å². The molecule has 3 heteroatoms. The second kappa shape index (κ2) is 4.77. The second-order valence-electron chi connectivity index (χ2n) is 4.70. The highest BCUT2D eigenvalue weighted by molar-refractivity contribution is 5.67. The number of hydrogen-bond acceptors (Lipinski definition) is 2. The van der Waals surface area contributed by atoms with Gasteiger partial charge in [0.05, 0.1) is 5.69 Å². The Hall–Kier alpha value is -1.90. The van der Waals surface area contributed by atoms with Crippen LogP contribution in [-0.4, -0.2) is 9.97 Å². The number of nitrogens with one attached hydrogen (secondary N) is 1. The number of benzene rings is 1. The maximum atomic E-state index is 11.6. The molecule has 0 amide bonds. The summed E-state index contributed by atoms with van der Waals surface area (Å²) in [6.07, 6.45) is 0.729. The van der Waals surface area contributed by atoms with Crippen LogP contribution in [-0.2, 0) is 6.42 Å². The summed E-state index contributed by atoms with van der Waals surface area (Å²) in [4.78, 5) is 18.9. The predicted octanol–water partition coefficient (Wildman–Crippen LogP) is 2.92. The van der Waals surface area contributed by atoms with Crippen molar-refractivity contribution in [2.75, 3.05) is 0 Å². The number of nitrogens with zero attached hydrogens (tertiary/aromatic N) is 1. The minimum absolute atomic E-state index is 0.0868. The van der Waals surface area contributed by atoms with Crippen molar-refractivity contribution in [2.45, 2.75) is 34.1 Å². The minimum atomic E-state index is -0.0868. The molecule has 1 aromatic carbocycles. The van der Waals surface area contributed by atoms with Gasteiger partial charge in [0.15, 0.2) is 0 Å². The Morgan fingerprint density at radius 1 is 1.11 bits per heavy atom. The fourth-order valence-electron chi connectivity index (χ4n) is 2.39. The average molecular weight is 242 g/mol. The van der Waals surface area contributed by atoms with E-state index in [4.69, 9.17) is 0 Å². The SMILES string of the molecule is CCc1nc(-c2c(C)cc(C)cc2C)cc(=O)[nH]1. The zero-order valence-corrected chi connectivity index (χ0v) is 11.3. The van der Waals surface area contributed by atoms with E-state index in [1.54, 1.807) is 6.07 Å². The third-order valence-corrected chi connectivity index (χ3v) is 3.06. The largest absolute Gasteiger partial charge is 0.311 e. The summed E-state index contributed by atoms with van der Waals surface area (Å²) in [5, 5.41) is 0. The van der Waals surface area contributed by atoms with Crippen molar-refractivity contribution < 1.29 is 0 Å². The van der Waals surface area contributed by atoms with Gasteiger partial charge in [0.25, 0.3) is 5.56 Å². The topological polar surface area (TPSA) is 45.8 Å². The standard InChI is InChI=1S/C15H18N2O/c1-5-13-16-12(8-14(18)17-13)15-10(3)6-9(2)7-11(15)4/h6-8H,5H2,1-4H3,(H,16,17,18). The lowest BCUT2D eigenvalue weighted by molar-refractivity contribution is 0.923. The van der Waals surface area contributed by atoms with E-state index in [1.807, 2.05) is 6.92 Å². The Balaban J connectivity index is 2.69. The lowest BCUT2D eigenvalue weighted by Gasteiger charge is -2.11. The number of hydrogen-bond donors (Lipinski definition) is 1. The Morgan fingerprint density at radius 2 is 1.72 bits per heavy atom. The molecule has 2 rings (SSSR count). The van der Waals surface area contributed by atoms with Gasteiger partial charge in [-0.3, -0.25) is 4.79 Å². The molecule has 0 bridgehead atoms. The first-order valence-electron chi connectivity index (χ1n) is 6.19. The van der Waals surface area contributed by atoms with Crippen LogP contribution < -0.4 is 5.56 Å². The van der Waals surface area contributed by atoms with Gasteiger partial charge < -0.3 is 4.98 Å². The van der Waals surface area contributed by atoms with E-state index in [1.165, 1.54) is 5.56 Å². The molecule has 0 atom stereocenters. The lowest BCUT2D eigenvalue weighted by atomic mass is 9.97. The van der Waals surface area contributed by atoms with E-state index in [-0.39, 0.29) is 5.56 Å². The van der Waals surface area contributed by atoms with E-state index in [0.29, 0.717) is 0 Å². The van der Waals surface area contributed by atoms with Crippen LogP contribution in [0, 0.1) is 20.8 Å². The van der Waals surface area contributed by atoms with Crippen molar-refractivity contribution in [3.8, 4) is 11.3 Å². The fraction of sp³-hybridized carbons (Fsp3) is 0.333. The molecule has 1 heterocycles. The molecule has 0 saturated carbocycles. The minimum Gasteiger partial charge on any atom is -0.311 e. The molecule has 1 aromatic heterocycles. The molecular weight excluding hydrogens is 224 g/mol. The first kappa shape index (κ1) is 12.6. The van der Waals surface area contributed by atoms with Gasteiger partial charge in [-0.2, -0.15) is 0 Å². The van der Waals surface area contributed by atoms with Crippen LogP contribution in [0.25, 0.3) is 11.3 Å². The summed E-state index contributed by atoms with van der Waals surface area (Å²) < 4.78 is 0. The first-order valence-corrected chi connectivity index (χ1v) is 6.19. The summed E-state index contributed by atoms with van der Waals surface area (Å²) in [6.45, 7) is 8.18.